The van der Waals surface area contributed by atoms with E-state index in [0.29, 0.717) is 0 Å². The maximum atomic E-state index is 10.7. The fourth-order valence-corrected chi connectivity index (χ4v) is 3.55. The number of phosphoric acid groups is 1. The van der Waals surface area contributed by atoms with Gasteiger partial charge in [-0.25, -0.2) is 0 Å². The van der Waals surface area contributed by atoms with Gasteiger partial charge in [0.05, 0.1) is 20.6 Å². The largest absolute Gasteiger partial charge is 1.00 e. The van der Waals surface area contributed by atoms with Crippen LogP contribution in [0, 0.1) is 0 Å². The van der Waals surface area contributed by atoms with Crippen molar-refractivity contribution in [2.45, 2.75) is 103 Å². The Hall–Kier alpha value is 1.03. The number of hydrogen-bond donors (Lipinski definition) is 2. The Morgan fingerprint density at radius 1 is 0.893 bits per heavy atom. The van der Waals surface area contributed by atoms with Gasteiger partial charge in [0, 0.05) is 6.92 Å². The SMILES string of the molecule is CCCCCCCCCCCCCCC[N+](C)(C)C(C)(O)COP(=O)([O-])O.[Na+]. The molecule has 6 nitrogen and oxygen atoms in total. The molecule has 0 rings (SSSR count). The van der Waals surface area contributed by atoms with Crippen molar-refractivity contribution >= 4 is 7.82 Å². The molecule has 0 aliphatic carbocycles. The molecule has 0 spiro atoms. The van der Waals surface area contributed by atoms with Gasteiger partial charge >= 0.3 is 29.6 Å². The smallest absolute Gasteiger partial charge is 0.756 e. The number of hydrogen-bond acceptors (Lipinski definition) is 4. The maximum Gasteiger partial charge on any atom is 1.00 e. The molecule has 0 aromatic carbocycles. The van der Waals surface area contributed by atoms with Crippen LogP contribution >= 0.6 is 7.82 Å². The van der Waals surface area contributed by atoms with E-state index in [4.69, 9.17) is 4.89 Å². The van der Waals surface area contributed by atoms with Crippen LogP contribution in [0.15, 0.2) is 0 Å². The zero-order chi connectivity index (χ0) is 20.8. The summed E-state index contributed by atoms with van der Waals surface area (Å²) in [5.74, 6) is 0. The van der Waals surface area contributed by atoms with E-state index in [1.54, 1.807) is 0 Å². The summed E-state index contributed by atoms with van der Waals surface area (Å²) in [6.45, 7) is 4.06. The zero-order valence-corrected chi connectivity index (χ0v) is 22.0. The number of phosphoric ester groups is 1. The van der Waals surface area contributed by atoms with Gasteiger partial charge in [-0.1, -0.05) is 77.6 Å². The molecule has 28 heavy (non-hydrogen) atoms. The van der Waals surface area contributed by atoms with Crippen LogP contribution in [0.3, 0.4) is 0 Å². The molecule has 0 aromatic rings. The van der Waals surface area contributed by atoms with E-state index in [1.807, 2.05) is 14.1 Å². The number of unbranched alkanes of at least 4 members (excludes halogenated alkanes) is 12. The zero-order valence-electron chi connectivity index (χ0n) is 19.1. The van der Waals surface area contributed by atoms with Crippen molar-refractivity contribution in [3.05, 3.63) is 0 Å². The van der Waals surface area contributed by atoms with Crippen LogP contribution < -0.4 is 34.5 Å². The van der Waals surface area contributed by atoms with Gasteiger partial charge in [-0.15, -0.1) is 0 Å². The van der Waals surface area contributed by atoms with Crippen molar-refractivity contribution < 1.29 is 58.0 Å². The van der Waals surface area contributed by atoms with Gasteiger partial charge in [0.15, 0.2) is 0 Å². The summed E-state index contributed by atoms with van der Waals surface area (Å²) >= 11 is 0. The molecule has 0 fully saturated rings. The van der Waals surface area contributed by atoms with Crippen LogP contribution in [-0.4, -0.2) is 47.5 Å². The molecule has 0 bridgehead atoms. The van der Waals surface area contributed by atoms with E-state index < -0.39 is 20.2 Å². The van der Waals surface area contributed by atoms with Crippen LogP contribution in [0.4, 0.5) is 0 Å². The summed E-state index contributed by atoms with van der Waals surface area (Å²) in [5.41, 5.74) is -1.38. The molecule has 0 aromatic heterocycles. The predicted octanol–water partition coefficient (Wildman–Crippen LogP) is 1.34. The van der Waals surface area contributed by atoms with Crippen LogP contribution in [0.25, 0.3) is 0 Å². The van der Waals surface area contributed by atoms with Crippen molar-refractivity contribution in [1.29, 1.82) is 0 Å². The third kappa shape index (κ3) is 16.8. The third-order valence-corrected chi connectivity index (χ3v) is 6.08. The van der Waals surface area contributed by atoms with Crippen molar-refractivity contribution in [2.24, 2.45) is 0 Å². The van der Waals surface area contributed by atoms with Gasteiger partial charge in [-0.05, 0) is 12.8 Å². The first-order chi connectivity index (χ1) is 12.5. The number of rotatable bonds is 18. The Kier molecular flexibility index (Phi) is 18.6. The van der Waals surface area contributed by atoms with Crippen molar-refractivity contribution in [2.75, 3.05) is 27.2 Å². The third-order valence-electron chi connectivity index (χ3n) is 5.63. The Morgan fingerprint density at radius 2 is 1.25 bits per heavy atom. The summed E-state index contributed by atoms with van der Waals surface area (Å²) in [7, 11) is -1.12. The Balaban J connectivity index is 0. The number of likely N-dealkylation sites (N-methyl/N-ethyl adjacent to an activating group) is 1. The van der Waals surface area contributed by atoms with E-state index in [2.05, 4.69) is 11.4 Å². The second kappa shape index (κ2) is 16.7. The molecule has 2 N–H and O–H groups in total. The summed E-state index contributed by atoms with van der Waals surface area (Å²) in [6.07, 6.45) is 16.7. The quantitative estimate of drug-likeness (QED) is 0.112. The van der Waals surface area contributed by atoms with Crippen LogP contribution in [0.1, 0.15) is 97.3 Å². The molecular formula is C20H44NNaO5P+. The van der Waals surface area contributed by atoms with E-state index >= 15 is 0 Å². The van der Waals surface area contributed by atoms with E-state index in [0.717, 1.165) is 19.4 Å². The minimum atomic E-state index is -4.81. The van der Waals surface area contributed by atoms with Crippen molar-refractivity contribution in [3.63, 3.8) is 0 Å². The molecule has 0 radical (unpaired) electrons. The average Bonchev–Trinajstić information content (AvgIpc) is 2.56. The Bertz CT molecular complexity index is 415. The van der Waals surface area contributed by atoms with Gasteiger partial charge in [-0.3, -0.25) is 9.05 Å². The fraction of sp³-hybridized carbons (Fsp3) is 1.00. The first-order valence-corrected chi connectivity index (χ1v) is 12.3. The Morgan fingerprint density at radius 3 is 1.61 bits per heavy atom. The van der Waals surface area contributed by atoms with Gasteiger partial charge in [-0.2, -0.15) is 0 Å². The van der Waals surface area contributed by atoms with Crippen molar-refractivity contribution in [3.8, 4) is 0 Å². The normalized spacial score (nSPS) is 16.2. The number of quaternary nitrogens is 1. The molecule has 8 heteroatoms. The summed E-state index contributed by atoms with van der Waals surface area (Å²) < 4.78 is 15.3. The molecule has 2 unspecified atom stereocenters. The standard InChI is InChI=1S/C20H44NO5P.Na/c1-5-6-7-8-9-10-11-12-13-14-15-16-17-18-21(3,4)20(2,22)19-26-27(23,24)25;/h22H,5-19H2,1-4H3,(H-,23,24,25);/q;+1. The molecule has 164 valence electrons. The van der Waals surface area contributed by atoms with E-state index in [9.17, 15) is 14.6 Å². The molecule has 0 aliphatic heterocycles. The topological polar surface area (TPSA) is 89.8 Å². The fourth-order valence-electron chi connectivity index (χ4n) is 3.14. The van der Waals surface area contributed by atoms with E-state index in [1.165, 1.54) is 77.6 Å². The van der Waals surface area contributed by atoms with Crippen LogP contribution in [0.2, 0.25) is 0 Å². The summed E-state index contributed by atoms with van der Waals surface area (Å²) in [4.78, 5) is 19.4. The maximum absolute atomic E-state index is 10.7. The summed E-state index contributed by atoms with van der Waals surface area (Å²) in [5, 5.41) is 10.5. The van der Waals surface area contributed by atoms with Crippen molar-refractivity contribution in [1.82, 2.24) is 0 Å². The average molecular weight is 433 g/mol. The minimum Gasteiger partial charge on any atom is -0.756 e. The van der Waals surface area contributed by atoms with Crippen LogP contribution in [-0.2, 0) is 9.09 Å². The number of aliphatic hydroxyl groups is 1. The molecular weight excluding hydrogens is 388 g/mol. The second-order valence-corrected chi connectivity index (χ2v) is 9.81. The molecule has 2 atom stereocenters. The van der Waals surface area contributed by atoms with E-state index in [-0.39, 0.29) is 34.0 Å². The molecule has 0 saturated heterocycles. The molecule has 0 aliphatic rings. The summed E-state index contributed by atoms with van der Waals surface area (Å²) in [6, 6.07) is 0. The molecule has 0 heterocycles. The molecule has 0 amide bonds. The first-order valence-electron chi connectivity index (χ1n) is 10.8. The van der Waals surface area contributed by atoms with Crippen LogP contribution in [0.5, 0.6) is 0 Å². The van der Waals surface area contributed by atoms with Gasteiger partial charge < -0.3 is 19.4 Å². The molecule has 0 saturated carbocycles. The minimum absolute atomic E-state index is 0. The predicted molar refractivity (Wildman–Crippen MR) is 109 cm³/mol. The first kappa shape index (κ1) is 31.2. The number of nitrogens with zero attached hydrogens (tertiary/aromatic N) is 1. The van der Waals surface area contributed by atoms with Gasteiger partial charge in [0.1, 0.15) is 6.61 Å². The Labute approximate surface area is 195 Å². The monoisotopic (exact) mass is 432 g/mol. The second-order valence-electron chi connectivity index (χ2n) is 8.61. The van der Waals surface area contributed by atoms with Gasteiger partial charge in [0.2, 0.25) is 5.72 Å². The van der Waals surface area contributed by atoms with Gasteiger partial charge in [0.25, 0.3) is 7.82 Å².